The molecule has 1 saturated heterocycles. The van der Waals surface area contributed by atoms with Crippen LogP contribution >= 0.6 is 11.3 Å². The van der Waals surface area contributed by atoms with Gasteiger partial charge in [0.15, 0.2) is 0 Å². The number of nitrogens with one attached hydrogen (secondary N) is 2. The van der Waals surface area contributed by atoms with Crippen LogP contribution in [0.15, 0.2) is 40.1 Å². The number of amides is 1. The van der Waals surface area contributed by atoms with Gasteiger partial charge in [0.1, 0.15) is 16.1 Å². The standard InChI is InChI=1S/C19H26N4O3S2/c1-14(2)18(22-28(25,26)17-6-5-11-27-17)19(24)21-13-15-7-8-20-16(12-15)23-9-3-4-10-23/h5-8,11-12,14,18,22H,3-4,9-10,13H2,1-2H3,(H,21,24)/t18-/m1/s1. The van der Waals surface area contributed by atoms with Gasteiger partial charge in [-0.1, -0.05) is 19.9 Å². The number of hydrogen-bond acceptors (Lipinski definition) is 6. The van der Waals surface area contributed by atoms with E-state index in [0.717, 1.165) is 35.8 Å². The van der Waals surface area contributed by atoms with Gasteiger partial charge in [-0.15, -0.1) is 11.3 Å². The lowest BCUT2D eigenvalue weighted by atomic mass is 10.0. The molecule has 1 fully saturated rings. The Bertz CT molecular complexity index is 892. The lowest BCUT2D eigenvalue weighted by molar-refractivity contribution is -0.123. The van der Waals surface area contributed by atoms with Crippen molar-refractivity contribution < 1.29 is 13.2 Å². The Labute approximate surface area is 170 Å². The summed E-state index contributed by atoms with van der Waals surface area (Å²) in [5.74, 6) is 0.394. The highest BCUT2D eigenvalue weighted by Gasteiger charge is 2.28. The predicted molar refractivity (Wildman–Crippen MR) is 111 cm³/mol. The number of sulfonamides is 1. The van der Waals surface area contributed by atoms with Gasteiger partial charge in [-0.05, 0) is 47.9 Å². The van der Waals surface area contributed by atoms with Crippen molar-refractivity contribution in [3.05, 3.63) is 41.4 Å². The summed E-state index contributed by atoms with van der Waals surface area (Å²) in [5.41, 5.74) is 0.939. The topological polar surface area (TPSA) is 91.4 Å². The summed E-state index contributed by atoms with van der Waals surface area (Å²) in [4.78, 5) is 19.3. The maximum atomic E-state index is 12.7. The molecule has 3 rings (SSSR count). The fourth-order valence-corrected chi connectivity index (χ4v) is 5.48. The second kappa shape index (κ2) is 9.02. The number of carbonyl (C=O) groups is 1. The third kappa shape index (κ3) is 5.09. The molecule has 152 valence electrons. The number of thiophene rings is 1. The maximum absolute atomic E-state index is 12.7. The Morgan fingerprint density at radius 3 is 2.68 bits per heavy atom. The zero-order valence-electron chi connectivity index (χ0n) is 16.1. The Morgan fingerprint density at radius 1 is 1.29 bits per heavy atom. The number of rotatable bonds is 8. The first-order valence-electron chi connectivity index (χ1n) is 9.40. The van der Waals surface area contributed by atoms with Crippen molar-refractivity contribution in [2.24, 2.45) is 5.92 Å². The smallest absolute Gasteiger partial charge is 0.250 e. The molecule has 0 spiro atoms. The summed E-state index contributed by atoms with van der Waals surface area (Å²) in [6.45, 7) is 5.97. The van der Waals surface area contributed by atoms with Crippen LogP contribution in [0.5, 0.6) is 0 Å². The Hall–Kier alpha value is -1.97. The van der Waals surface area contributed by atoms with Crippen molar-refractivity contribution in [3.63, 3.8) is 0 Å². The molecule has 7 nitrogen and oxygen atoms in total. The summed E-state index contributed by atoms with van der Waals surface area (Å²) in [5, 5.41) is 4.55. The molecule has 0 saturated carbocycles. The van der Waals surface area contributed by atoms with E-state index >= 15 is 0 Å². The van der Waals surface area contributed by atoms with Crippen molar-refractivity contribution in [2.45, 2.75) is 43.5 Å². The summed E-state index contributed by atoms with van der Waals surface area (Å²) in [7, 11) is -3.72. The molecular weight excluding hydrogens is 396 g/mol. The predicted octanol–water partition coefficient (Wildman–Crippen LogP) is 2.36. The van der Waals surface area contributed by atoms with Crippen LogP contribution in [0.2, 0.25) is 0 Å². The average molecular weight is 423 g/mol. The van der Waals surface area contributed by atoms with Crippen molar-refractivity contribution in [1.29, 1.82) is 0 Å². The van der Waals surface area contributed by atoms with Crippen LogP contribution in [0, 0.1) is 5.92 Å². The van der Waals surface area contributed by atoms with Gasteiger partial charge in [-0.2, -0.15) is 4.72 Å². The molecule has 0 radical (unpaired) electrons. The molecule has 9 heteroatoms. The van der Waals surface area contributed by atoms with Crippen LogP contribution in [-0.4, -0.2) is 38.4 Å². The molecule has 1 atom stereocenters. The molecule has 3 heterocycles. The van der Waals surface area contributed by atoms with Crippen LogP contribution in [0.4, 0.5) is 5.82 Å². The maximum Gasteiger partial charge on any atom is 0.250 e. The molecule has 2 aromatic heterocycles. The fraction of sp³-hybridized carbons (Fsp3) is 0.474. The van der Waals surface area contributed by atoms with E-state index in [1.807, 2.05) is 26.0 Å². The molecule has 0 unspecified atom stereocenters. The van der Waals surface area contributed by atoms with E-state index in [1.165, 1.54) is 18.9 Å². The fourth-order valence-electron chi connectivity index (χ4n) is 3.12. The van der Waals surface area contributed by atoms with Gasteiger partial charge in [-0.25, -0.2) is 13.4 Å². The monoisotopic (exact) mass is 422 g/mol. The minimum Gasteiger partial charge on any atom is -0.357 e. The second-order valence-corrected chi connectivity index (χ2v) is 10.1. The van der Waals surface area contributed by atoms with Gasteiger partial charge in [0.25, 0.3) is 10.0 Å². The third-order valence-corrected chi connectivity index (χ3v) is 7.54. The number of hydrogen-bond donors (Lipinski definition) is 2. The Morgan fingerprint density at radius 2 is 2.04 bits per heavy atom. The van der Waals surface area contributed by atoms with Gasteiger partial charge < -0.3 is 10.2 Å². The molecule has 2 N–H and O–H groups in total. The average Bonchev–Trinajstić information content (AvgIpc) is 3.38. The SMILES string of the molecule is CC(C)[C@@H](NS(=O)(=O)c1cccs1)C(=O)NCc1ccnc(N2CCCC2)c1. The van der Waals surface area contributed by atoms with Gasteiger partial charge in [0, 0.05) is 25.8 Å². The van der Waals surface area contributed by atoms with Crippen LogP contribution in [0.3, 0.4) is 0 Å². The molecule has 0 bridgehead atoms. The molecule has 1 aliphatic heterocycles. The molecule has 0 aliphatic carbocycles. The quantitative estimate of drug-likeness (QED) is 0.681. The summed E-state index contributed by atoms with van der Waals surface area (Å²) in [6.07, 6.45) is 4.08. The molecular formula is C19H26N4O3S2. The molecule has 1 amide bonds. The first-order valence-corrected chi connectivity index (χ1v) is 11.8. The largest absolute Gasteiger partial charge is 0.357 e. The van der Waals surface area contributed by atoms with Crippen LogP contribution in [0.25, 0.3) is 0 Å². The third-order valence-electron chi connectivity index (χ3n) is 4.70. The van der Waals surface area contributed by atoms with E-state index in [1.54, 1.807) is 17.6 Å². The summed E-state index contributed by atoms with van der Waals surface area (Å²) >= 11 is 1.13. The summed E-state index contributed by atoms with van der Waals surface area (Å²) in [6, 6.07) is 6.20. The van der Waals surface area contributed by atoms with Gasteiger partial charge in [-0.3, -0.25) is 4.79 Å². The lowest BCUT2D eigenvalue weighted by Crippen LogP contribution is -2.49. The first-order chi connectivity index (χ1) is 13.4. The molecule has 28 heavy (non-hydrogen) atoms. The Balaban J connectivity index is 1.64. The highest BCUT2D eigenvalue weighted by molar-refractivity contribution is 7.91. The van der Waals surface area contributed by atoms with E-state index in [9.17, 15) is 13.2 Å². The van der Waals surface area contributed by atoms with Gasteiger partial charge in [0.05, 0.1) is 0 Å². The number of anilines is 1. The first kappa shape index (κ1) is 20.8. The highest BCUT2D eigenvalue weighted by atomic mass is 32.2. The zero-order chi connectivity index (χ0) is 20.1. The molecule has 0 aromatic carbocycles. The van der Waals surface area contributed by atoms with E-state index < -0.39 is 16.1 Å². The van der Waals surface area contributed by atoms with Gasteiger partial charge in [0.2, 0.25) is 5.91 Å². The zero-order valence-corrected chi connectivity index (χ0v) is 17.7. The van der Waals surface area contributed by atoms with E-state index in [-0.39, 0.29) is 16.0 Å². The highest BCUT2D eigenvalue weighted by Crippen LogP contribution is 2.19. The van der Waals surface area contributed by atoms with Crippen LogP contribution in [0.1, 0.15) is 32.3 Å². The van der Waals surface area contributed by atoms with Crippen molar-refractivity contribution in [1.82, 2.24) is 15.0 Å². The molecule has 2 aromatic rings. The second-order valence-electron chi connectivity index (χ2n) is 7.21. The van der Waals surface area contributed by atoms with E-state index in [0.29, 0.717) is 6.54 Å². The van der Waals surface area contributed by atoms with Crippen molar-refractivity contribution >= 4 is 33.1 Å². The van der Waals surface area contributed by atoms with Crippen LogP contribution < -0.4 is 14.9 Å². The van der Waals surface area contributed by atoms with E-state index in [2.05, 4.69) is 19.9 Å². The van der Waals surface area contributed by atoms with Crippen molar-refractivity contribution in [2.75, 3.05) is 18.0 Å². The number of nitrogens with zero attached hydrogens (tertiary/aromatic N) is 2. The lowest BCUT2D eigenvalue weighted by Gasteiger charge is -2.21. The minimum absolute atomic E-state index is 0.188. The number of carbonyl (C=O) groups excluding carboxylic acids is 1. The van der Waals surface area contributed by atoms with Gasteiger partial charge >= 0.3 is 0 Å². The van der Waals surface area contributed by atoms with E-state index in [4.69, 9.17) is 0 Å². The molecule has 1 aliphatic rings. The summed E-state index contributed by atoms with van der Waals surface area (Å²) < 4.78 is 27.7. The van der Waals surface area contributed by atoms with Crippen molar-refractivity contribution in [3.8, 4) is 0 Å². The number of pyridine rings is 1. The minimum atomic E-state index is -3.72. The Kier molecular flexibility index (Phi) is 6.69. The normalized spacial score (nSPS) is 15.8. The number of aromatic nitrogens is 1. The van der Waals surface area contributed by atoms with Crippen LogP contribution in [-0.2, 0) is 21.4 Å².